The molecule has 27 heavy (non-hydrogen) atoms. The number of carbonyl (C=O) groups excluding carboxylic acids is 1. The van der Waals surface area contributed by atoms with Crippen molar-refractivity contribution in [1.82, 2.24) is 20.1 Å². The van der Waals surface area contributed by atoms with Crippen LogP contribution >= 0.6 is 0 Å². The second kappa shape index (κ2) is 8.96. The minimum absolute atomic E-state index is 0.316. The van der Waals surface area contributed by atoms with Crippen LogP contribution < -0.4 is 16.4 Å². The van der Waals surface area contributed by atoms with Gasteiger partial charge in [-0.05, 0) is 43.2 Å². The van der Waals surface area contributed by atoms with Gasteiger partial charge in [-0.2, -0.15) is 5.10 Å². The average Bonchev–Trinajstić information content (AvgIpc) is 3.08. The van der Waals surface area contributed by atoms with E-state index in [4.69, 9.17) is 10.5 Å². The van der Waals surface area contributed by atoms with Crippen LogP contribution in [0.2, 0.25) is 0 Å². The number of aryl methyl sites for hydroxylation is 1. The Balaban J connectivity index is 1.83. The summed E-state index contributed by atoms with van der Waals surface area (Å²) in [6, 6.07) is 1.89. The predicted octanol–water partition coefficient (Wildman–Crippen LogP) is 2.23. The molecule has 0 spiro atoms. The van der Waals surface area contributed by atoms with Crippen LogP contribution in [0.25, 0.3) is 11.1 Å². The monoisotopic (exact) mass is 372 g/mol. The Morgan fingerprint density at radius 1 is 1.37 bits per heavy atom. The van der Waals surface area contributed by atoms with Crippen LogP contribution in [0, 0.1) is 0 Å². The molecule has 0 saturated heterocycles. The van der Waals surface area contributed by atoms with Gasteiger partial charge in [-0.25, -0.2) is 9.78 Å². The van der Waals surface area contributed by atoms with E-state index in [1.54, 1.807) is 18.0 Å². The third-order valence-electron chi connectivity index (χ3n) is 5.12. The molecule has 0 radical (unpaired) electrons. The molecular weight excluding hydrogens is 344 g/mol. The molecule has 8 nitrogen and oxygen atoms in total. The summed E-state index contributed by atoms with van der Waals surface area (Å²) in [4.78, 5) is 15.9. The minimum atomic E-state index is -0.595. The van der Waals surface area contributed by atoms with Gasteiger partial charge < -0.3 is 15.8 Å². The number of hydrogen-bond donors (Lipinski definition) is 3. The van der Waals surface area contributed by atoms with Crippen molar-refractivity contribution in [3.8, 4) is 11.1 Å². The van der Waals surface area contributed by atoms with Gasteiger partial charge in [0.25, 0.3) is 0 Å². The van der Waals surface area contributed by atoms with Crippen LogP contribution in [0.15, 0.2) is 24.7 Å². The van der Waals surface area contributed by atoms with Crippen molar-refractivity contribution < 1.29 is 9.53 Å². The Labute approximate surface area is 159 Å². The molecule has 0 unspecified atom stereocenters. The van der Waals surface area contributed by atoms with E-state index >= 15 is 0 Å². The second-order valence-electron chi connectivity index (χ2n) is 7.01. The van der Waals surface area contributed by atoms with Gasteiger partial charge in [-0.15, -0.1) is 0 Å². The maximum Gasteiger partial charge on any atom is 0.317 e. The van der Waals surface area contributed by atoms with Gasteiger partial charge in [0.1, 0.15) is 5.82 Å². The maximum atomic E-state index is 11.5. The summed E-state index contributed by atoms with van der Waals surface area (Å²) >= 11 is 0. The lowest BCUT2D eigenvalue weighted by Gasteiger charge is -2.31. The first-order chi connectivity index (χ1) is 13.1. The zero-order chi connectivity index (χ0) is 19.2. The quantitative estimate of drug-likeness (QED) is 0.646. The molecule has 1 saturated carbocycles. The summed E-state index contributed by atoms with van der Waals surface area (Å²) in [6.45, 7) is 1.59. The largest absolute Gasteiger partial charge is 0.383 e. The Hall–Kier alpha value is -2.45. The van der Waals surface area contributed by atoms with Crippen molar-refractivity contribution in [1.29, 1.82) is 0 Å². The summed E-state index contributed by atoms with van der Waals surface area (Å²) in [6.07, 6.45) is 9.72. The molecule has 0 atom stereocenters. The molecule has 8 heteroatoms. The lowest BCUT2D eigenvalue weighted by molar-refractivity contribution is 0.191. The van der Waals surface area contributed by atoms with E-state index in [0.29, 0.717) is 17.8 Å². The molecule has 2 amide bonds. The van der Waals surface area contributed by atoms with Crippen LogP contribution in [0.3, 0.4) is 0 Å². The number of nitrogens with zero attached hydrogens (tertiary/aromatic N) is 3. The topological polar surface area (TPSA) is 107 Å². The molecule has 0 bridgehead atoms. The highest BCUT2D eigenvalue weighted by atomic mass is 16.5. The highest BCUT2D eigenvalue weighted by Gasteiger charge is 2.27. The van der Waals surface area contributed by atoms with Crippen molar-refractivity contribution in [2.45, 2.75) is 37.6 Å². The second-order valence-corrected chi connectivity index (χ2v) is 7.01. The summed E-state index contributed by atoms with van der Waals surface area (Å²) in [5.41, 5.74) is 8.50. The number of urea groups is 1. The fraction of sp³-hybridized carbons (Fsp3) is 0.526. The first kappa shape index (κ1) is 19.3. The number of rotatable bonds is 7. The number of methoxy groups -OCH3 is 1. The van der Waals surface area contributed by atoms with Gasteiger partial charge in [-0.1, -0.05) is 0 Å². The molecular formula is C19H28N6O2. The Morgan fingerprint density at radius 3 is 2.78 bits per heavy atom. The SMILES string of the molecule is COCCNC1CCC(c2c(-c3cnn(C)c3)ccnc2NC(N)=O)CC1. The number of amides is 2. The average molecular weight is 372 g/mol. The maximum absolute atomic E-state index is 11.5. The number of anilines is 1. The molecule has 2 aromatic heterocycles. The van der Waals surface area contributed by atoms with Gasteiger partial charge in [0, 0.05) is 50.3 Å². The fourth-order valence-electron chi connectivity index (χ4n) is 3.87. The molecule has 1 fully saturated rings. The molecule has 2 heterocycles. The number of hydrogen-bond acceptors (Lipinski definition) is 5. The highest BCUT2D eigenvalue weighted by Crippen LogP contribution is 2.41. The summed E-state index contributed by atoms with van der Waals surface area (Å²) in [5, 5.41) is 10.5. The minimum Gasteiger partial charge on any atom is -0.383 e. The number of pyridine rings is 1. The van der Waals surface area contributed by atoms with Crippen molar-refractivity contribution in [3.05, 3.63) is 30.2 Å². The molecule has 1 aliphatic rings. The smallest absolute Gasteiger partial charge is 0.317 e. The lowest BCUT2D eigenvalue weighted by Crippen LogP contribution is -2.35. The molecule has 0 aliphatic heterocycles. The van der Waals surface area contributed by atoms with Crippen LogP contribution in [0.5, 0.6) is 0 Å². The van der Waals surface area contributed by atoms with Crippen LogP contribution in [-0.2, 0) is 11.8 Å². The summed E-state index contributed by atoms with van der Waals surface area (Å²) < 4.78 is 6.89. The Bertz CT molecular complexity index is 767. The van der Waals surface area contributed by atoms with E-state index < -0.39 is 6.03 Å². The Morgan fingerprint density at radius 2 is 2.15 bits per heavy atom. The molecule has 2 aromatic rings. The first-order valence-corrected chi connectivity index (χ1v) is 9.35. The third kappa shape index (κ3) is 4.84. The third-order valence-corrected chi connectivity index (χ3v) is 5.12. The number of nitrogens with two attached hydrogens (primary N) is 1. The highest BCUT2D eigenvalue weighted by molar-refractivity contribution is 5.89. The number of primary amides is 1. The van der Waals surface area contributed by atoms with Gasteiger partial charge >= 0.3 is 6.03 Å². The van der Waals surface area contributed by atoms with Gasteiger partial charge in [0.2, 0.25) is 0 Å². The molecule has 3 rings (SSSR count). The van der Waals surface area contributed by atoms with Gasteiger partial charge in [-0.3, -0.25) is 10.00 Å². The zero-order valence-electron chi connectivity index (χ0n) is 15.9. The van der Waals surface area contributed by atoms with Gasteiger partial charge in [0.15, 0.2) is 0 Å². The number of nitrogens with one attached hydrogen (secondary N) is 2. The summed E-state index contributed by atoms with van der Waals surface area (Å²) in [5.74, 6) is 0.871. The van der Waals surface area contributed by atoms with Crippen LogP contribution in [0.4, 0.5) is 10.6 Å². The van der Waals surface area contributed by atoms with E-state index in [0.717, 1.165) is 55.5 Å². The van der Waals surface area contributed by atoms with E-state index in [1.807, 2.05) is 25.5 Å². The lowest BCUT2D eigenvalue weighted by atomic mass is 9.79. The normalized spacial score (nSPS) is 19.8. The fourth-order valence-corrected chi connectivity index (χ4v) is 3.87. The molecule has 0 aromatic carbocycles. The predicted molar refractivity (Wildman–Crippen MR) is 105 cm³/mol. The first-order valence-electron chi connectivity index (χ1n) is 9.35. The van der Waals surface area contributed by atoms with Crippen molar-refractivity contribution in [2.75, 3.05) is 25.6 Å². The van der Waals surface area contributed by atoms with Crippen LogP contribution in [0.1, 0.15) is 37.2 Å². The van der Waals surface area contributed by atoms with E-state index in [2.05, 4.69) is 20.7 Å². The number of carbonyl (C=O) groups is 1. The van der Waals surface area contributed by atoms with Crippen molar-refractivity contribution >= 4 is 11.8 Å². The molecule has 4 N–H and O–H groups in total. The number of aromatic nitrogens is 3. The zero-order valence-corrected chi connectivity index (χ0v) is 15.9. The standard InChI is InChI=1S/C19H28N6O2/c1-25-12-14(11-23-25)16-7-8-22-18(24-19(20)26)17(16)13-3-5-15(6-4-13)21-9-10-27-2/h7-8,11-13,15,21H,3-6,9-10H2,1-2H3,(H3,20,22,24,26). The number of ether oxygens (including phenoxy) is 1. The summed E-state index contributed by atoms with van der Waals surface area (Å²) in [7, 11) is 3.61. The van der Waals surface area contributed by atoms with Crippen molar-refractivity contribution in [2.24, 2.45) is 12.8 Å². The van der Waals surface area contributed by atoms with Crippen molar-refractivity contribution in [3.63, 3.8) is 0 Å². The van der Waals surface area contributed by atoms with E-state index in [-0.39, 0.29) is 0 Å². The molecule has 146 valence electrons. The van der Waals surface area contributed by atoms with Gasteiger partial charge in [0.05, 0.1) is 12.8 Å². The Kier molecular flexibility index (Phi) is 6.41. The molecule has 1 aliphatic carbocycles. The van der Waals surface area contributed by atoms with Crippen LogP contribution in [-0.4, -0.2) is 47.1 Å². The van der Waals surface area contributed by atoms with E-state index in [9.17, 15) is 4.79 Å². The van der Waals surface area contributed by atoms with E-state index in [1.165, 1.54) is 0 Å².